The van der Waals surface area contributed by atoms with Gasteiger partial charge < -0.3 is 9.16 Å². The molecule has 1 aromatic rings. The van der Waals surface area contributed by atoms with Gasteiger partial charge in [-0.2, -0.15) is 0 Å². The van der Waals surface area contributed by atoms with E-state index < -0.39 is 29.7 Å². The van der Waals surface area contributed by atoms with Gasteiger partial charge in [-0.15, -0.1) is 0 Å². The first kappa shape index (κ1) is 15.2. The molecule has 1 aliphatic rings. The molecule has 0 bridgehead atoms. The summed E-state index contributed by atoms with van der Waals surface area (Å²) < 4.78 is 44.3. The first-order chi connectivity index (χ1) is 9.92. The van der Waals surface area contributed by atoms with Gasteiger partial charge in [0.15, 0.2) is 13.7 Å². The summed E-state index contributed by atoms with van der Waals surface area (Å²) in [6.45, 7) is 10.7. The Balaban J connectivity index is 2.08. The van der Waals surface area contributed by atoms with Crippen LogP contribution in [-0.4, -0.2) is 34.9 Å². The van der Waals surface area contributed by atoms with Crippen LogP contribution < -0.4 is 0 Å². The number of hydrogen-bond acceptors (Lipinski definition) is 4. The maximum Gasteiger partial charge on any atom is 0.207 e. The SMILES string of the molecule is [2H][C@@]1(S(=O)(=O)c2ccccc2)O[C@H]1CO[Si](C)(C)C(C)(C)C. The zero-order valence-corrected chi connectivity index (χ0v) is 15.0. The average molecular weight is 330 g/mol. The summed E-state index contributed by atoms with van der Waals surface area (Å²) in [4.78, 5) is 0.111. The van der Waals surface area contributed by atoms with Gasteiger partial charge in [-0.05, 0) is 30.3 Å². The van der Waals surface area contributed by atoms with Crippen molar-refractivity contribution in [1.29, 1.82) is 0 Å². The lowest BCUT2D eigenvalue weighted by Crippen LogP contribution is -2.41. The van der Waals surface area contributed by atoms with E-state index in [1.807, 2.05) is 0 Å². The van der Waals surface area contributed by atoms with Crippen molar-refractivity contribution >= 4 is 18.2 Å². The van der Waals surface area contributed by atoms with Gasteiger partial charge >= 0.3 is 0 Å². The normalized spacial score (nSPS) is 27.3. The van der Waals surface area contributed by atoms with Crippen LogP contribution in [-0.2, 0) is 19.0 Å². The van der Waals surface area contributed by atoms with Crippen LogP contribution in [0.1, 0.15) is 22.1 Å². The van der Waals surface area contributed by atoms with E-state index in [0.29, 0.717) is 0 Å². The molecule has 0 amide bonds. The fraction of sp³-hybridized carbons (Fsp3) is 0.600. The molecule has 0 aliphatic carbocycles. The molecule has 0 N–H and O–H groups in total. The van der Waals surface area contributed by atoms with Crippen LogP contribution in [0.5, 0.6) is 0 Å². The van der Waals surface area contributed by atoms with E-state index in [2.05, 4.69) is 33.9 Å². The smallest absolute Gasteiger partial charge is 0.207 e. The van der Waals surface area contributed by atoms with Gasteiger partial charge in [0.2, 0.25) is 9.84 Å². The van der Waals surface area contributed by atoms with Crippen molar-refractivity contribution in [1.82, 2.24) is 0 Å². The summed E-state index contributed by atoms with van der Waals surface area (Å²) in [5, 5.41) is 0.0326. The van der Waals surface area contributed by atoms with E-state index in [9.17, 15) is 8.42 Å². The second kappa shape index (κ2) is 5.50. The summed E-state index contributed by atoms with van der Waals surface area (Å²) in [6, 6.07) is 7.99. The Hall–Kier alpha value is -0.693. The van der Waals surface area contributed by atoms with Crippen LogP contribution in [0.4, 0.5) is 0 Å². The first-order valence-electron chi connectivity index (χ1n) is 7.53. The fourth-order valence-corrected chi connectivity index (χ4v) is 4.07. The lowest BCUT2D eigenvalue weighted by atomic mass is 10.2. The second-order valence-corrected chi connectivity index (χ2v) is 13.5. The lowest BCUT2D eigenvalue weighted by Gasteiger charge is -2.35. The Morgan fingerprint density at radius 1 is 1.29 bits per heavy atom. The molecule has 1 fully saturated rings. The molecule has 1 aliphatic heterocycles. The van der Waals surface area contributed by atoms with Crippen molar-refractivity contribution in [3.05, 3.63) is 30.3 Å². The molecular formula is C15H24O4SSi. The Kier molecular flexibility index (Phi) is 3.98. The first-order valence-corrected chi connectivity index (χ1v) is 11.4. The number of ether oxygens (including phenoxy) is 1. The minimum atomic E-state index is -3.84. The Bertz CT molecular complexity index is 639. The highest BCUT2D eigenvalue weighted by atomic mass is 32.2. The summed E-state index contributed by atoms with van der Waals surface area (Å²) in [5.74, 6) is 0. The Morgan fingerprint density at radius 2 is 1.86 bits per heavy atom. The van der Waals surface area contributed by atoms with Crippen molar-refractivity contribution in [3.63, 3.8) is 0 Å². The topological polar surface area (TPSA) is 55.9 Å². The highest BCUT2D eigenvalue weighted by molar-refractivity contribution is 7.92. The summed E-state index contributed by atoms with van der Waals surface area (Å²) in [6.07, 6.45) is -0.730. The zero-order valence-electron chi connectivity index (χ0n) is 14.2. The highest BCUT2D eigenvalue weighted by Crippen LogP contribution is 2.39. The van der Waals surface area contributed by atoms with Crippen LogP contribution in [0.15, 0.2) is 35.2 Å². The van der Waals surface area contributed by atoms with Gasteiger partial charge in [0.1, 0.15) is 6.10 Å². The van der Waals surface area contributed by atoms with Gasteiger partial charge in [-0.25, -0.2) is 8.42 Å². The monoisotopic (exact) mass is 329 g/mol. The Morgan fingerprint density at radius 3 is 2.38 bits per heavy atom. The van der Waals surface area contributed by atoms with E-state index >= 15 is 0 Å². The molecule has 0 radical (unpaired) electrons. The summed E-state index contributed by atoms with van der Waals surface area (Å²) in [5.41, 5.74) is -1.92. The van der Waals surface area contributed by atoms with Crippen LogP contribution in [0.3, 0.4) is 0 Å². The van der Waals surface area contributed by atoms with Crippen LogP contribution in [0.2, 0.25) is 18.1 Å². The number of sulfone groups is 1. The molecule has 1 saturated heterocycles. The van der Waals surface area contributed by atoms with Crippen LogP contribution in [0.25, 0.3) is 0 Å². The minimum Gasteiger partial charge on any atom is -0.414 e. The van der Waals surface area contributed by atoms with Gasteiger partial charge in [0, 0.05) is 0 Å². The maximum absolute atomic E-state index is 12.5. The lowest BCUT2D eigenvalue weighted by molar-refractivity contribution is 0.243. The third kappa shape index (κ3) is 3.56. The number of hydrogen-bond donors (Lipinski definition) is 0. The molecule has 0 aromatic heterocycles. The largest absolute Gasteiger partial charge is 0.414 e. The summed E-state index contributed by atoms with van der Waals surface area (Å²) >= 11 is 0. The maximum atomic E-state index is 12.5. The van der Waals surface area contributed by atoms with Crippen LogP contribution >= 0.6 is 0 Å². The third-order valence-corrected chi connectivity index (χ3v) is 10.5. The molecule has 6 heteroatoms. The standard InChI is InChI=1S/C15H24O4SSi/c1-15(2,3)21(4,5)18-11-13-14(19-13)20(16,17)12-9-7-6-8-10-12/h6-10,13-14H,11H2,1-5H3/t13-,14-/m0/s1/i14D. The zero-order chi connectivity index (χ0) is 16.8. The quantitative estimate of drug-likeness (QED) is 0.615. The Labute approximate surface area is 129 Å². The molecule has 118 valence electrons. The molecule has 1 aromatic carbocycles. The molecule has 1 heterocycles. The van der Waals surface area contributed by atoms with Crippen molar-refractivity contribution < 1.29 is 19.0 Å². The van der Waals surface area contributed by atoms with Crippen molar-refractivity contribution in [2.24, 2.45) is 0 Å². The molecule has 4 nitrogen and oxygen atoms in total. The van der Waals surface area contributed by atoms with E-state index in [4.69, 9.17) is 10.5 Å². The molecule has 0 spiro atoms. The molecule has 2 atom stereocenters. The predicted octanol–water partition coefficient (Wildman–Crippen LogP) is 3.21. The number of epoxide rings is 1. The summed E-state index contributed by atoms with van der Waals surface area (Å²) in [7, 11) is -5.82. The number of benzene rings is 1. The van der Waals surface area contributed by atoms with Gasteiger partial charge in [0.05, 0.1) is 12.9 Å². The van der Waals surface area contributed by atoms with E-state index in [1.165, 1.54) is 12.1 Å². The molecule has 0 unspecified atom stereocenters. The van der Waals surface area contributed by atoms with Gasteiger partial charge in [0.25, 0.3) is 0 Å². The van der Waals surface area contributed by atoms with E-state index in [-0.39, 0.29) is 16.5 Å². The second-order valence-electron chi connectivity index (χ2n) is 6.81. The van der Waals surface area contributed by atoms with Gasteiger partial charge in [-0.1, -0.05) is 39.0 Å². The van der Waals surface area contributed by atoms with Crippen molar-refractivity contribution in [2.75, 3.05) is 6.61 Å². The van der Waals surface area contributed by atoms with E-state index in [0.717, 1.165) is 0 Å². The fourth-order valence-electron chi connectivity index (χ4n) is 1.66. The highest BCUT2D eigenvalue weighted by Gasteiger charge is 2.51. The number of rotatable bonds is 5. The van der Waals surface area contributed by atoms with E-state index in [1.54, 1.807) is 18.2 Å². The molecule has 21 heavy (non-hydrogen) atoms. The molecule has 2 rings (SSSR count). The van der Waals surface area contributed by atoms with Crippen molar-refractivity contribution in [3.8, 4) is 0 Å². The minimum absolute atomic E-state index is 0.0326. The average Bonchev–Trinajstić information content (AvgIpc) is 3.09. The van der Waals surface area contributed by atoms with Gasteiger partial charge in [-0.3, -0.25) is 0 Å². The van der Waals surface area contributed by atoms with Crippen molar-refractivity contribution in [2.45, 2.75) is 55.3 Å². The molecular weight excluding hydrogens is 304 g/mol. The third-order valence-electron chi connectivity index (χ3n) is 4.18. The molecule has 0 saturated carbocycles. The predicted molar refractivity (Wildman–Crippen MR) is 85.4 cm³/mol. The van der Waals surface area contributed by atoms with Crippen LogP contribution in [0, 0.1) is 0 Å².